The number of unbranched alkanes of at least 4 members (excludes halogenated alkanes) is 7. The number of benzene rings is 2. The van der Waals surface area contributed by atoms with Crippen LogP contribution >= 0.6 is 0 Å². The van der Waals surface area contributed by atoms with Gasteiger partial charge in [0.25, 0.3) is 0 Å². The molecule has 0 spiro atoms. The van der Waals surface area contributed by atoms with E-state index in [9.17, 15) is 0 Å². The zero-order valence-corrected chi connectivity index (χ0v) is 23.5. The molecule has 0 aliphatic carbocycles. The zero-order chi connectivity index (χ0) is 26.1. The maximum atomic E-state index is 6.09. The maximum absolute atomic E-state index is 6.09. The minimum absolute atomic E-state index is 0.243. The molecule has 1 aliphatic rings. The summed E-state index contributed by atoms with van der Waals surface area (Å²) in [4.78, 5) is 0. The third-order valence-electron chi connectivity index (χ3n) is 7.66. The lowest BCUT2D eigenvalue weighted by molar-refractivity contribution is -0.206. The Hall–Kier alpha value is -2.10. The largest absolute Gasteiger partial charge is 0.494 e. The molecule has 2 aromatic rings. The van der Waals surface area contributed by atoms with Crippen molar-refractivity contribution in [3.63, 3.8) is 0 Å². The predicted molar refractivity (Wildman–Crippen MR) is 156 cm³/mol. The van der Waals surface area contributed by atoms with Gasteiger partial charge in [0.15, 0.2) is 6.29 Å². The molecular weight excluding hydrogens is 456 g/mol. The second kappa shape index (κ2) is 17.4. The van der Waals surface area contributed by atoms with Gasteiger partial charge in [-0.1, -0.05) is 101 Å². The fourth-order valence-corrected chi connectivity index (χ4v) is 4.91. The van der Waals surface area contributed by atoms with Gasteiger partial charge < -0.3 is 14.2 Å². The first kappa shape index (κ1) is 29.5. The van der Waals surface area contributed by atoms with Crippen LogP contribution in [0.5, 0.6) is 5.75 Å². The van der Waals surface area contributed by atoms with E-state index in [1.807, 2.05) is 6.08 Å². The van der Waals surface area contributed by atoms with Crippen LogP contribution < -0.4 is 4.74 Å². The fourth-order valence-electron chi connectivity index (χ4n) is 4.91. The lowest BCUT2D eigenvalue weighted by Crippen LogP contribution is -2.27. The average Bonchev–Trinajstić information content (AvgIpc) is 2.95. The van der Waals surface area contributed by atoms with Crippen LogP contribution in [-0.2, 0) is 9.47 Å². The first-order valence-electron chi connectivity index (χ1n) is 14.9. The van der Waals surface area contributed by atoms with E-state index in [1.54, 1.807) is 0 Å². The van der Waals surface area contributed by atoms with Crippen molar-refractivity contribution in [2.75, 3.05) is 19.8 Å². The van der Waals surface area contributed by atoms with Crippen molar-refractivity contribution in [2.24, 2.45) is 11.8 Å². The standard InChI is InChI=1S/C34H50O3/c1-4-6-7-8-9-10-11-12-13-16-29-26-36-34(37-27-29)32-19-17-30(18-20-32)31-21-23-33(24-22-31)35-25-14-15-28(3)5-2/h4,17-24,28-29,34H,1,5-16,25-27H2,2-3H3/t28-,29?,34?/m0/s1. The van der Waals surface area contributed by atoms with Crippen LogP contribution in [0.3, 0.4) is 0 Å². The van der Waals surface area contributed by atoms with Gasteiger partial charge in [-0.25, -0.2) is 0 Å². The molecular formula is C34H50O3. The Kier molecular flexibility index (Phi) is 13.9. The summed E-state index contributed by atoms with van der Waals surface area (Å²) in [7, 11) is 0. The molecule has 0 amide bonds. The molecule has 37 heavy (non-hydrogen) atoms. The Morgan fingerprint density at radius 1 is 0.838 bits per heavy atom. The topological polar surface area (TPSA) is 27.7 Å². The Labute approximate surface area is 226 Å². The molecule has 2 aromatic carbocycles. The summed E-state index contributed by atoms with van der Waals surface area (Å²) in [6.07, 6.45) is 17.1. The van der Waals surface area contributed by atoms with Crippen molar-refractivity contribution >= 4 is 0 Å². The molecule has 0 bridgehead atoms. The van der Waals surface area contributed by atoms with E-state index < -0.39 is 0 Å². The summed E-state index contributed by atoms with van der Waals surface area (Å²) in [5, 5.41) is 0. The van der Waals surface area contributed by atoms with Gasteiger partial charge in [-0.3, -0.25) is 0 Å². The molecule has 0 saturated carbocycles. The summed E-state index contributed by atoms with van der Waals surface area (Å²) in [6.45, 7) is 10.7. The average molecular weight is 507 g/mol. The van der Waals surface area contributed by atoms with E-state index >= 15 is 0 Å². The zero-order valence-electron chi connectivity index (χ0n) is 23.5. The van der Waals surface area contributed by atoms with Gasteiger partial charge in [0, 0.05) is 11.5 Å². The van der Waals surface area contributed by atoms with E-state index in [0.717, 1.165) is 49.9 Å². The van der Waals surface area contributed by atoms with Crippen molar-refractivity contribution < 1.29 is 14.2 Å². The minimum atomic E-state index is -0.243. The SMILES string of the molecule is C=CCCCCCCCCCC1COC(c2ccc(-c3ccc(OCCC[C@@H](C)CC)cc3)cc2)OC1. The van der Waals surface area contributed by atoms with Gasteiger partial charge in [-0.2, -0.15) is 0 Å². The highest BCUT2D eigenvalue weighted by atomic mass is 16.7. The monoisotopic (exact) mass is 506 g/mol. The normalized spacial score (nSPS) is 18.4. The number of allylic oxidation sites excluding steroid dienone is 1. The molecule has 0 radical (unpaired) electrons. The van der Waals surface area contributed by atoms with Crippen molar-refractivity contribution in [3.8, 4) is 16.9 Å². The summed E-state index contributed by atoms with van der Waals surface area (Å²) in [5.41, 5.74) is 3.49. The third-order valence-corrected chi connectivity index (χ3v) is 7.66. The second-order valence-electron chi connectivity index (χ2n) is 10.9. The first-order valence-corrected chi connectivity index (χ1v) is 14.9. The van der Waals surface area contributed by atoms with Gasteiger partial charge in [-0.05, 0) is 61.3 Å². The van der Waals surface area contributed by atoms with E-state index in [0.29, 0.717) is 5.92 Å². The molecule has 0 unspecified atom stereocenters. The van der Waals surface area contributed by atoms with Gasteiger partial charge in [0.05, 0.1) is 19.8 Å². The van der Waals surface area contributed by atoms with Crippen molar-refractivity contribution in [1.82, 2.24) is 0 Å². The highest BCUT2D eigenvalue weighted by Crippen LogP contribution is 2.30. The quantitative estimate of drug-likeness (QED) is 0.149. The molecule has 0 aromatic heterocycles. The predicted octanol–water partition coefficient (Wildman–Crippen LogP) is 9.92. The number of rotatable bonds is 18. The molecule has 1 fully saturated rings. The van der Waals surface area contributed by atoms with Crippen LogP contribution in [-0.4, -0.2) is 19.8 Å². The highest BCUT2D eigenvalue weighted by Gasteiger charge is 2.23. The van der Waals surface area contributed by atoms with Crippen LogP contribution in [0.15, 0.2) is 61.2 Å². The molecule has 0 N–H and O–H groups in total. The highest BCUT2D eigenvalue weighted by molar-refractivity contribution is 5.64. The van der Waals surface area contributed by atoms with E-state index in [4.69, 9.17) is 14.2 Å². The van der Waals surface area contributed by atoms with Crippen LogP contribution in [0.25, 0.3) is 11.1 Å². The van der Waals surface area contributed by atoms with Crippen LogP contribution in [0.2, 0.25) is 0 Å². The Balaban J connectivity index is 1.32. The van der Waals surface area contributed by atoms with Crippen molar-refractivity contribution in [2.45, 2.75) is 97.2 Å². The van der Waals surface area contributed by atoms with Crippen molar-refractivity contribution in [1.29, 1.82) is 0 Å². The van der Waals surface area contributed by atoms with Gasteiger partial charge in [0.2, 0.25) is 0 Å². The summed E-state index contributed by atoms with van der Waals surface area (Å²) in [5.74, 6) is 2.25. The van der Waals surface area contributed by atoms with E-state index in [-0.39, 0.29) is 6.29 Å². The molecule has 3 heteroatoms. The van der Waals surface area contributed by atoms with E-state index in [2.05, 4.69) is 69.0 Å². The molecule has 1 aliphatic heterocycles. The number of ether oxygens (including phenoxy) is 3. The lowest BCUT2D eigenvalue weighted by Gasteiger charge is -2.29. The smallest absolute Gasteiger partial charge is 0.183 e. The van der Waals surface area contributed by atoms with Gasteiger partial charge >= 0.3 is 0 Å². The van der Waals surface area contributed by atoms with Gasteiger partial charge in [0.1, 0.15) is 5.75 Å². The summed E-state index contributed by atoms with van der Waals surface area (Å²) >= 11 is 0. The molecule has 1 atom stereocenters. The van der Waals surface area contributed by atoms with Crippen LogP contribution in [0, 0.1) is 11.8 Å². The Morgan fingerprint density at radius 3 is 2.05 bits per heavy atom. The molecule has 1 heterocycles. The Morgan fingerprint density at radius 2 is 1.43 bits per heavy atom. The molecule has 204 valence electrons. The van der Waals surface area contributed by atoms with Crippen LogP contribution in [0.4, 0.5) is 0 Å². The van der Waals surface area contributed by atoms with E-state index in [1.165, 1.54) is 75.3 Å². The first-order chi connectivity index (χ1) is 18.2. The van der Waals surface area contributed by atoms with Crippen LogP contribution in [0.1, 0.15) is 103 Å². The minimum Gasteiger partial charge on any atom is -0.494 e. The molecule has 3 rings (SSSR count). The maximum Gasteiger partial charge on any atom is 0.183 e. The number of hydrogen-bond donors (Lipinski definition) is 0. The van der Waals surface area contributed by atoms with Crippen molar-refractivity contribution in [3.05, 3.63) is 66.7 Å². The Bertz CT molecular complexity index is 850. The lowest BCUT2D eigenvalue weighted by atomic mass is 10.00. The fraction of sp³-hybridized carbons (Fsp3) is 0.588. The van der Waals surface area contributed by atoms with Gasteiger partial charge in [-0.15, -0.1) is 6.58 Å². The summed E-state index contributed by atoms with van der Waals surface area (Å²) < 4.78 is 18.1. The molecule has 3 nitrogen and oxygen atoms in total. The number of hydrogen-bond acceptors (Lipinski definition) is 3. The third kappa shape index (κ3) is 11.0. The second-order valence-corrected chi connectivity index (χ2v) is 10.9. The summed E-state index contributed by atoms with van der Waals surface area (Å²) in [6, 6.07) is 17.0. The molecule has 1 saturated heterocycles.